The van der Waals surface area contributed by atoms with Crippen molar-refractivity contribution < 1.29 is 9.53 Å². The summed E-state index contributed by atoms with van der Waals surface area (Å²) in [6, 6.07) is 12.9. The van der Waals surface area contributed by atoms with Gasteiger partial charge in [-0.25, -0.2) is 0 Å². The standard InChI is InChI=1S/C27H35Cl2N3O2/c1-19(18-31-12-2-3-13-31)34-26-17-23(29)8-9-24(26)21-10-14-32(15-11-21)27(33)25(30)16-20-4-6-22(28)7-5-20/h4-9,17,19,21,25H,2-3,10-16,18,30H2,1H3/t19?,25-/m1/s1. The number of benzene rings is 2. The molecular formula is C27H35Cl2N3O2. The van der Waals surface area contributed by atoms with E-state index in [1.54, 1.807) is 0 Å². The van der Waals surface area contributed by atoms with Crippen LogP contribution in [0.1, 0.15) is 49.7 Å². The average molecular weight is 505 g/mol. The molecule has 1 unspecified atom stereocenters. The Labute approximate surface area is 213 Å². The topological polar surface area (TPSA) is 58.8 Å². The summed E-state index contributed by atoms with van der Waals surface area (Å²) in [5, 5.41) is 1.37. The van der Waals surface area contributed by atoms with E-state index in [0.717, 1.165) is 43.8 Å². The Morgan fingerprint density at radius 3 is 2.35 bits per heavy atom. The van der Waals surface area contributed by atoms with Crippen molar-refractivity contribution in [2.24, 2.45) is 5.73 Å². The molecule has 2 fully saturated rings. The van der Waals surface area contributed by atoms with E-state index in [1.807, 2.05) is 41.3 Å². The van der Waals surface area contributed by atoms with Crippen LogP contribution >= 0.6 is 23.2 Å². The van der Waals surface area contributed by atoms with E-state index in [1.165, 1.54) is 18.4 Å². The number of nitrogens with zero attached hydrogens (tertiary/aromatic N) is 2. The number of hydrogen-bond donors (Lipinski definition) is 1. The number of likely N-dealkylation sites (tertiary alicyclic amines) is 2. The summed E-state index contributed by atoms with van der Waals surface area (Å²) < 4.78 is 6.39. The number of amides is 1. The van der Waals surface area contributed by atoms with Crippen LogP contribution in [0.15, 0.2) is 42.5 Å². The van der Waals surface area contributed by atoms with Crippen molar-refractivity contribution in [3.63, 3.8) is 0 Å². The zero-order valence-corrected chi connectivity index (χ0v) is 21.4. The molecule has 34 heavy (non-hydrogen) atoms. The maximum absolute atomic E-state index is 13.0. The molecule has 2 aromatic carbocycles. The van der Waals surface area contributed by atoms with Crippen LogP contribution in [0, 0.1) is 0 Å². The van der Waals surface area contributed by atoms with Gasteiger partial charge in [-0.1, -0.05) is 41.4 Å². The van der Waals surface area contributed by atoms with Gasteiger partial charge < -0.3 is 15.4 Å². The molecule has 0 bridgehead atoms. The fraction of sp³-hybridized carbons (Fsp3) is 0.519. The summed E-state index contributed by atoms with van der Waals surface area (Å²) in [7, 11) is 0. The lowest BCUT2D eigenvalue weighted by Gasteiger charge is -2.34. The maximum atomic E-state index is 13.0. The lowest BCUT2D eigenvalue weighted by molar-refractivity contribution is -0.133. The lowest BCUT2D eigenvalue weighted by atomic mass is 9.88. The first-order chi connectivity index (χ1) is 16.4. The Balaban J connectivity index is 1.34. The molecule has 2 saturated heterocycles. The first kappa shape index (κ1) is 25.3. The smallest absolute Gasteiger partial charge is 0.239 e. The van der Waals surface area contributed by atoms with Crippen molar-refractivity contribution in [1.82, 2.24) is 9.80 Å². The highest BCUT2D eigenvalue weighted by molar-refractivity contribution is 6.30. The SMILES string of the molecule is CC(CN1CCCC1)Oc1cc(Cl)ccc1C1CCN(C(=O)[C@H](N)Cc2ccc(Cl)cc2)CC1. The highest BCUT2D eigenvalue weighted by atomic mass is 35.5. The van der Waals surface area contributed by atoms with E-state index >= 15 is 0 Å². The zero-order valence-electron chi connectivity index (χ0n) is 19.9. The Bertz CT molecular complexity index is 955. The minimum absolute atomic E-state index is 0.0141. The fourth-order valence-corrected chi connectivity index (χ4v) is 5.43. The van der Waals surface area contributed by atoms with Gasteiger partial charge in [0.1, 0.15) is 11.9 Å². The molecule has 2 aliphatic heterocycles. The van der Waals surface area contributed by atoms with Crippen LogP contribution in [0.2, 0.25) is 10.0 Å². The first-order valence-corrected chi connectivity index (χ1v) is 13.1. The first-order valence-electron chi connectivity index (χ1n) is 12.4. The summed E-state index contributed by atoms with van der Waals surface area (Å²) in [5.74, 6) is 1.23. The second-order valence-corrected chi connectivity index (χ2v) is 10.5. The van der Waals surface area contributed by atoms with Crippen molar-refractivity contribution in [2.75, 3.05) is 32.7 Å². The van der Waals surface area contributed by atoms with E-state index in [2.05, 4.69) is 17.9 Å². The van der Waals surface area contributed by atoms with E-state index in [9.17, 15) is 4.79 Å². The largest absolute Gasteiger partial charge is 0.489 e. The molecule has 2 heterocycles. The minimum atomic E-state index is -0.543. The molecule has 4 rings (SSSR count). The molecule has 5 nitrogen and oxygen atoms in total. The summed E-state index contributed by atoms with van der Waals surface area (Å²) in [5.41, 5.74) is 8.47. The summed E-state index contributed by atoms with van der Waals surface area (Å²) in [4.78, 5) is 17.3. The molecule has 2 aromatic rings. The van der Waals surface area contributed by atoms with Gasteiger partial charge in [-0.05, 0) is 93.4 Å². The van der Waals surface area contributed by atoms with Crippen molar-refractivity contribution in [2.45, 2.75) is 57.1 Å². The van der Waals surface area contributed by atoms with Gasteiger partial charge in [0, 0.05) is 29.7 Å². The third-order valence-corrected chi connectivity index (χ3v) is 7.44. The molecule has 2 N–H and O–H groups in total. The number of nitrogens with two attached hydrogens (primary N) is 1. The molecule has 184 valence electrons. The number of ether oxygens (including phenoxy) is 1. The Hall–Kier alpha value is -1.79. The van der Waals surface area contributed by atoms with Crippen molar-refractivity contribution in [3.05, 3.63) is 63.6 Å². The van der Waals surface area contributed by atoms with Gasteiger partial charge in [0.25, 0.3) is 0 Å². The number of halogens is 2. The number of hydrogen-bond acceptors (Lipinski definition) is 4. The Morgan fingerprint density at radius 1 is 1.03 bits per heavy atom. The summed E-state index contributed by atoms with van der Waals surface area (Å²) in [6.07, 6.45) is 4.93. The monoisotopic (exact) mass is 503 g/mol. The van der Waals surface area contributed by atoms with Gasteiger partial charge in [-0.3, -0.25) is 9.69 Å². The highest BCUT2D eigenvalue weighted by Crippen LogP contribution is 2.36. The van der Waals surface area contributed by atoms with Crippen molar-refractivity contribution in [1.29, 1.82) is 0 Å². The normalized spacial score (nSPS) is 19.2. The lowest BCUT2D eigenvalue weighted by Crippen LogP contribution is -2.47. The molecule has 0 aliphatic carbocycles. The number of piperidine rings is 1. The minimum Gasteiger partial charge on any atom is -0.489 e. The molecule has 2 aliphatic rings. The number of rotatable bonds is 8. The third kappa shape index (κ3) is 6.66. The van der Waals surface area contributed by atoms with Crippen LogP contribution in [0.25, 0.3) is 0 Å². The molecular weight excluding hydrogens is 469 g/mol. The van der Waals surface area contributed by atoms with Gasteiger partial charge in [-0.15, -0.1) is 0 Å². The van der Waals surface area contributed by atoms with E-state index < -0.39 is 6.04 Å². The van der Waals surface area contributed by atoms with Gasteiger partial charge in [-0.2, -0.15) is 0 Å². The molecule has 0 radical (unpaired) electrons. The second kappa shape index (κ2) is 11.8. The maximum Gasteiger partial charge on any atom is 0.239 e. The van der Waals surface area contributed by atoms with Crippen LogP contribution in [0.5, 0.6) is 5.75 Å². The zero-order chi connectivity index (χ0) is 24.1. The van der Waals surface area contributed by atoms with E-state index in [4.69, 9.17) is 33.7 Å². The number of carbonyl (C=O) groups excluding carboxylic acids is 1. The van der Waals surface area contributed by atoms with Gasteiger partial charge in [0.2, 0.25) is 5.91 Å². The van der Waals surface area contributed by atoms with Gasteiger partial charge >= 0.3 is 0 Å². The summed E-state index contributed by atoms with van der Waals surface area (Å²) >= 11 is 12.3. The van der Waals surface area contributed by atoms with Crippen LogP contribution in [-0.4, -0.2) is 60.6 Å². The third-order valence-electron chi connectivity index (χ3n) is 6.95. The second-order valence-electron chi connectivity index (χ2n) is 9.65. The molecule has 2 atom stereocenters. The van der Waals surface area contributed by atoms with Crippen LogP contribution < -0.4 is 10.5 Å². The quantitative estimate of drug-likeness (QED) is 0.542. The average Bonchev–Trinajstić information content (AvgIpc) is 3.33. The van der Waals surface area contributed by atoms with Gasteiger partial charge in [0.15, 0.2) is 0 Å². The molecule has 0 spiro atoms. The van der Waals surface area contributed by atoms with E-state index in [0.29, 0.717) is 35.5 Å². The predicted molar refractivity (Wildman–Crippen MR) is 139 cm³/mol. The molecule has 0 aromatic heterocycles. The molecule has 0 saturated carbocycles. The number of carbonyl (C=O) groups is 1. The van der Waals surface area contributed by atoms with Gasteiger partial charge in [0.05, 0.1) is 6.04 Å². The van der Waals surface area contributed by atoms with Crippen LogP contribution in [0.4, 0.5) is 0 Å². The van der Waals surface area contributed by atoms with Crippen molar-refractivity contribution in [3.8, 4) is 5.75 Å². The molecule has 7 heteroatoms. The van der Waals surface area contributed by atoms with E-state index in [-0.39, 0.29) is 12.0 Å². The van der Waals surface area contributed by atoms with Crippen LogP contribution in [-0.2, 0) is 11.2 Å². The fourth-order valence-electron chi connectivity index (χ4n) is 5.14. The highest BCUT2D eigenvalue weighted by Gasteiger charge is 2.29. The summed E-state index contributed by atoms with van der Waals surface area (Å²) in [6.45, 7) is 6.77. The molecule has 1 amide bonds. The van der Waals surface area contributed by atoms with Crippen LogP contribution in [0.3, 0.4) is 0 Å². The Kier molecular flexibility index (Phi) is 8.75. The van der Waals surface area contributed by atoms with Crippen molar-refractivity contribution >= 4 is 29.1 Å². The predicted octanol–water partition coefficient (Wildman–Crippen LogP) is 5.13. The Morgan fingerprint density at radius 2 is 1.68 bits per heavy atom.